The Labute approximate surface area is 144 Å². The molecule has 2 aromatic rings. The minimum atomic E-state index is -0.465. The monoisotopic (exact) mass is 326 g/mol. The number of para-hydroxylation sites is 2. The number of nitrogens with zero attached hydrogens (tertiary/aromatic N) is 2. The van der Waals surface area contributed by atoms with Crippen molar-refractivity contribution < 1.29 is 9.84 Å². The molecule has 0 spiro atoms. The highest BCUT2D eigenvalue weighted by Crippen LogP contribution is 2.17. The number of rotatable bonds is 6. The SMILES string of the molecule is Cc1ccccc1OCC(O)CN1CCN(c2ccccc2)CC1. The summed E-state index contributed by atoms with van der Waals surface area (Å²) in [5.41, 5.74) is 2.38. The van der Waals surface area contributed by atoms with Gasteiger partial charge in [-0.1, -0.05) is 36.4 Å². The second kappa shape index (κ2) is 8.18. The van der Waals surface area contributed by atoms with Gasteiger partial charge in [-0.15, -0.1) is 0 Å². The molecule has 0 aliphatic carbocycles. The maximum absolute atomic E-state index is 10.3. The lowest BCUT2D eigenvalue weighted by Gasteiger charge is -2.36. The zero-order chi connectivity index (χ0) is 16.8. The number of piperazine rings is 1. The van der Waals surface area contributed by atoms with Crippen LogP contribution in [-0.4, -0.2) is 55.4 Å². The lowest BCUT2D eigenvalue weighted by atomic mass is 10.2. The van der Waals surface area contributed by atoms with Crippen LogP contribution in [0.25, 0.3) is 0 Å². The molecule has 3 rings (SSSR count). The molecule has 1 unspecified atom stereocenters. The van der Waals surface area contributed by atoms with E-state index in [1.165, 1.54) is 5.69 Å². The molecule has 0 saturated carbocycles. The molecule has 2 aromatic carbocycles. The Balaban J connectivity index is 1.42. The van der Waals surface area contributed by atoms with Crippen LogP contribution in [0.2, 0.25) is 0 Å². The predicted octanol–water partition coefficient (Wildman–Crippen LogP) is 2.56. The Morgan fingerprint density at radius 1 is 0.958 bits per heavy atom. The topological polar surface area (TPSA) is 35.9 Å². The Morgan fingerprint density at radius 3 is 2.33 bits per heavy atom. The lowest BCUT2D eigenvalue weighted by molar-refractivity contribution is 0.0661. The number of aliphatic hydroxyl groups is 1. The maximum Gasteiger partial charge on any atom is 0.122 e. The normalized spacial score (nSPS) is 16.8. The van der Waals surface area contributed by atoms with E-state index in [2.05, 4.69) is 34.1 Å². The van der Waals surface area contributed by atoms with Gasteiger partial charge >= 0.3 is 0 Å². The van der Waals surface area contributed by atoms with E-state index in [-0.39, 0.29) is 0 Å². The third-order valence-corrected chi connectivity index (χ3v) is 4.49. The highest BCUT2D eigenvalue weighted by atomic mass is 16.5. The minimum Gasteiger partial charge on any atom is -0.491 e. The average molecular weight is 326 g/mol. The summed E-state index contributed by atoms with van der Waals surface area (Å²) in [5.74, 6) is 0.852. The minimum absolute atomic E-state index is 0.337. The van der Waals surface area contributed by atoms with E-state index in [0.717, 1.165) is 37.5 Å². The van der Waals surface area contributed by atoms with Crippen LogP contribution in [0, 0.1) is 6.92 Å². The molecular formula is C20H26N2O2. The summed E-state index contributed by atoms with van der Waals surface area (Å²) in [4.78, 5) is 4.71. The van der Waals surface area contributed by atoms with Crippen molar-refractivity contribution in [3.63, 3.8) is 0 Å². The molecule has 128 valence electrons. The number of hydrogen-bond donors (Lipinski definition) is 1. The van der Waals surface area contributed by atoms with Gasteiger partial charge in [0, 0.05) is 38.4 Å². The van der Waals surface area contributed by atoms with Crippen LogP contribution in [0.4, 0.5) is 5.69 Å². The summed E-state index contributed by atoms with van der Waals surface area (Å²) in [7, 11) is 0. The van der Waals surface area contributed by atoms with Crippen molar-refractivity contribution in [1.29, 1.82) is 0 Å². The fourth-order valence-electron chi connectivity index (χ4n) is 3.08. The molecule has 1 aliphatic rings. The summed E-state index contributed by atoms with van der Waals surface area (Å²) < 4.78 is 5.74. The number of aryl methyl sites for hydroxylation is 1. The van der Waals surface area contributed by atoms with Gasteiger partial charge in [0.05, 0.1) is 0 Å². The summed E-state index contributed by atoms with van der Waals surface area (Å²) >= 11 is 0. The zero-order valence-electron chi connectivity index (χ0n) is 14.3. The van der Waals surface area contributed by atoms with Crippen LogP contribution in [0.5, 0.6) is 5.75 Å². The van der Waals surface area contributed by atoms with Crippen LogP contribution < -0.4 is 9.64 Å². The van der Waals surface area contributed by atoms with Crippen LogP contribution in [0.15, 0.2) is 54.6 Å². The van der Waals surface area contributed by atoms with E-state index in [0.29, 0.717) is 13.2 Å². The van der Waals surface area contributed by atoms with Gasteiger partial charge in [0.2, 0.25) is 0 Å². The highest BCUT2D eigenvalue weighted by molar-refractivity contribution is 5.46. The number of anilines is 1. The predicted molar refractivity (Wildman–Crippen MR) is 97.8 cm³/mol. The van der Waals surface area contributed by atoms with Gasteiger partial charge in [-0.3, -0.25) is 4.90 Å². The molecule has 1 N–H and O–H groups in total. The van der Waals surface area contributed by atoms with Gasteiger partial charge in [0.1, 0.15) is 18.5 Å². The first-order valence-corrected chi connectivity index (χ1v) is 8.61. The summed E-state index contributed by atoms with van der Waals surface area (Å²) in [6.07, 6.45) is -0.465. The lowest BCUT2D eigenvalue weighted by Crippen LogP contribution is -2.49. The number of ether oxygens (including phenoxy) is 1. The third-order valence-electron chi connectivity index (χ3n) is 4.49. The molecule has 0 aromatic heterocycles. The van der Waals surface area contributed by atoms with Gasteiger partial charge in [0.25, 0.3) is 0 Å². The number of β-amino-alcohol motifs (C(OH)–C–C–N with tert-alkyl or cyclic N) is 1. The van der Waals surface area contributed by atoms with Crippen molar-refractivity contribution in [3.8, 4) is 5.75 Å². The van der Waals surface area contributed by atoms with Crippen LogP contribution in [0.1, 0.15) is 5.56 Å². The molecular weight excluding hydrogens is 300 g/mol. The van der Waals surface area contributed by atoms with E-state index in [1.54, 1.807) is 0 Å². The first kappa shape index (κ1) is 16.8. The summed E-state index contributed by atoms with van der Waals surface area (Å²) in [6.45, 7) is 6.94. The summed E-state index contributed by atoms with van der Waals surface area (Å²) in [5, 5.41) is 10.3. The van der Waals surface area contributed by atoms with Crippen LogP contribution in [0.3, 0.4) is 0 Å². The Kier molecular flexibility index (Phi) is 5.72. The number of hydrogen-bond acceptors (Lipinski definition) is 4. The van der Waals surface area contributed by atoms with Gasteiger partial charge in [-0.2, -0.15) is 0 Å². The Morgan fingerprint density at radius 2 is 1.62 bits per heavy atom. The van der Waals surface area contributed by atoms with Crippen molar-refractivity contribution in [2.75, 3.05) is 44.2 Å². The first-order chi connectivity index (χ1) is 11.7. The van der Waals surface area contributed by atoms with Gasteiger partial charge in [-0.25, -0.2) is 0 Å². The fourth-order valence-corrected chi connectivity index (χ4v) is 3.08. The van der Waals surface area contributed by atoms with Crippen molar-refractivity contribution >= 4 is 5.69 Å². The summed E-state index contributed by atoms with van der Waals surface area (Å²) in [6, 6.07) is 18.4. The molecule has 1 aliphatic heterocycles. The van der Waals surface area contributed by atoms with E-state index in [1.807, 2.05) is 37.3 Å². The van der Waals surface area contributed by atoms with E-state index in [9.17, 15) is 5.11 Å². The van der Waals surface area contributed by atoms with Gasteiger partial charge in [-0.05, 0) is 30.7 Å². The molecule has 1 atom stereocenters. The van der Waals surface area contributed by atoms with Crippen molar-refractivity contribution in [1.82, 2.24) is 4.90 Å². The maximum atomic E-state index is 10.3. The van der Waals surface area contributed by atoms with Crippen molar-refractivity contribution in [2.45, 2.75) is 13.0 Å². The zero-order valence-corrected chi connectivity index (χ0v) is 14.3. The van der Waals surface area contributed by atoms with Crippen LogP contribution in [-0.2, 0) is 0 Å². The highest BCUT2D eigenvalue weighted by Gasteiger charge is 2.19. The molecule has 0 amide bonds. The third kappa shape index (κ3) is 4.49. The largest absolute Gasteiger partial charge is 0.491 e. The van der Waals surface area contributed by atoms with E-state index >= 15 is 0 Å². The number of benzene rings is 2. The van der Waals surface area contributed by atoms with Crippen molar-refractivity contribution in [2.24, 2.45) is 0 Å². The molecule has 1 saturated heterocycles. The molecule has 1 fully saturated rings. The second-order valence-electron chi connectivity index (χ2n) is 6.35. The van der Waals surface area contributed by atoms with Crippen LogP contribution >= 0.6 is 0 Å². The second-order valence-corrected chi connectivity index (χ2v) is 6.35. The molecule has 24 heavy (non-hydrogen) atoms. The van der Waals surface area contributed by atoms with Gasteiger partial charge in [0.15, 0.2) is 0 Å². The average Bonchev–Trinajstić information content (AvgIpc) is 2.62. The van der Waals surface area contributed by atoms with E-state index in [4.69, 9.17) is 4.74 Å². The standard InChI is InChI=1S/C20H26N2O2/c1-17-7-5-6-10-20(17)24-16-19(23)15-21-11-13-22(14-12-21)18-8-3-2-4-9-18/h2-10,19,23H,11-16H2,1H3. The molecule has 4 heteroatoms. The Bertz CT molecular complexity index is 625. The molecule has 0 bridgehead atoms. The Hall–Kier alpha value is -2.04. The quantitative estimate of drug-likeness (QED) is 0.885. The fraction of sp³-hybridized carbons (Fsp3) is 0.400. The van der Waals surface area contributed by atoms with Gasteiger partial charge < -0.3 is 14.7 Å². The molecule has 4 nitrogen and oxygen atoms in total. The van der Waals surface area contributed by atoms with E-state index < -0.39 is 6.10 Å². The first-order valence-electron chi connectivity index (χ1n) is 8.61. The van der Waals surface area contributed by atoms with Crippen molar-refractivity contribution in [3.05, 3.63) is 60.2 Å². The number of aliphatic hydroxyl groups excluding tert-OH is 1. The smallest absolute Gasteiger partial charge is 0.122 e. The molecule has 0 radical (unpaired) electrons. The molecule has 1 heterocycles.